The fraction of sp³-hybridized carbons (Fsp3) is 0.240. The van der Waals surface area contributed by atoms with Gasteiger partial charge < -0.3 is 9.73 Å². The van der Waals surface area contributed by atoms with E-state index in [-0.39, 0.29) is 29.2 Å². The Kier molecular flexibility index (Phi) is 6.65. The average molecular weight is 549 g/mol. The molecule has 0 saturated carbocycles. The Morgan fingerprint density at radius 3 is 2.58 bits per heavy atom. The molecule has 0 spiro atoms. The zero-order valence-electron chi connectivity index (χ0n) is 19.6. The van der Waals surface area contributed by atoms with Gasteiger partial charge in [0.05, 0.1) is 23.5 Å². The minimum Gasteiger partial charge on any atom is -0.443 e. The average Bonchev–Trinajstić information content (AvgIpc) is 3.55. The number of hydrogen-bond acceptors (Lipinski definition) is 6. The summed E-state index contributed by atoms with van der Waals surface area (Å²) in [5.41, 5.74) is 0.609. The van der Waals surface area contributed by atoms with Crippen molar-refractivity contribution in [1.82, 2.24) is 19.6 Å². The SMILES string of the molecule is O=C(NCc1cc(-c2ccc(C(F)(F)F)cc2)ncn1)C1CCCN1S(=O)(=O)c1cc2cc(F)ccc2o1. The van der Waals surface area contributed by atoms with E-state index in [1.807, 2.05) is 0 Å². The van der Waals surface area contributed by atoms with Gasteiger partial charge in [-0.05, 0) is 49.2 Å². The number of alkyl halides is 3. The second-order valence-electron chi connectivity index (χ2n) is 8.71. The summed E-state index contributed by atoms with van der Waals surface area (Å²) in [6, 6.07) is 9.91. The maximum atomic E-state index is 13.5. The minimum atomic E-state index is -4.45. The largest absolute Gasteiger partial charge is 0.443 e. The van der Waals surface area contributed by atoms with Crippen LogP contribution in [-0.2, 0) is 27.5 Å². The van der Waals surface area contributed by atoms with E-state index in [1.54, 1.807) is 0 Å². The molecule has 0 radical (unpaired) electrons. The van der Waals surface area contributed by atoms with Crippen molar-refractivity contribution in [2.75, 3.05) is 6.54 Å². The Balaban J connectivity index is 1.28. The maximum absolute atomic E-state index is 13.5. The van der Waals surface area contributed by atoms with Crippen LogP contribution in [0.5, 0.6) is 0 Å². The molecule has 1 aliphatic rings. The number of amides is 1. The first-order valence-corrected chi connectivity index (χ1v) is 12.9. The van der Waals surface area contributed by atoms with Gasteiger partial charge in [-0.25, -0.2) is 22.8 Å². The lowest BCUT2D eigenvalue weighted by atomic mass is 10.1. The monoisotopic (exact) mass is 548 g/mol. The molecule has 2 aromatic heterocycles. The number of sulfonamides is 1. The lowest BCUT2D eigenvalue weighted by molar-refractivity contribution is -0.137. The van der Waals surface area contributed by atoms with Crippen LogP contribution in [0, 0.1) is 5.82 Å². The van der Waals surface area contributed by atoms with Crippen LogP contribution >= 0.6 is 0 Å². The highest BCUT2D eigenvalue weighted by Gasteiger charge is 2.41. The van der Waals surface area contributed by atoms with Gasteiger partial charge in [0.15, 0.2) is 0 Å². The topological polar surface area (TPSA) is 105 Å². The number of nitrogens with zero attached hydrogens (tertiary/aromatic N) is 3. The zero-order chi connectivity index (χ0) is 27.1. The van der Waals surface area contributed by atoms with Crippen molar-refractivity contribution in [3.05, 3.63) is 78.0 Å². The van der Waals surface area contributed by atoms with Gasteiger partial charge in [0.1, 0.15) is 23.8 Å². The van der Waals surface area contributed by atoms with Gasteiger partial charge in [-0.3, -0.25) is 4.79 Å². The number of nitrogens with one attached hydrogen (secondary N) is 1. The third-order valence-corrected chi connectivity index (χ3v) is 7.96. The van der Waals surface area contributed by atoms with Crippen LogP contribution in [-0.4, -0.2) is 41.2 Å². The molecule has 198 valence electrons. The van der Waals surface area contributed by atoms with Gasteiger partial charge in [0, 0.05) is 23.6 Å². The molecule has 1 N–H and O–H groups in total. The molecule has 8 nitrogen and oxygen atoms in total. The molecule has 38 heavy (non-hydrogen) atoms. The van der Waals surface area contributed by atoms with Gasteiger partial charge in [-0.15, -0.1) is 0 Å². The summed E-state index contributed by atoms with van der Waals surface area (Å²) in [6.07, 6.45) is -2.48. The summed E-state index contributed by atoms with van der Waals surface area (Å²) < 4.78 is 84.9. The second-order valence-corrected chi connectivity index (χ2v) is 10.5. The van der Waals surface area contributed by atoms with Gasteiger partial charge in [-0.1, -0.05) is 12.1 Å². The molecule has 1 amide bonds. The predicted molar refractivity (Wildman–Crippen MR) is 127 cm³/mol. The van der Waals surface area contributed by atoms with Crippen molar-refractivity contribution in [2.45, 2.75) is 36.7 Å². The van der Waals surface area contributed by atoms with Crippen LogP contribution in [0.2, 0.25) is 0 Å². The number of fused-ring (bicyclic) bond motifs is 1. The number of aromatic nitrogens is 2. The molecule has 1 aliphatic heterocycles. The third-order valence-electron chi connectivity index (χ3n) is 6.20. The van der Waals surface area contributed by atoms with Crippen LogP contribution in [0.3, 0.4) is 0 Å². The Morgan fingerprint density at radius 1 is 1.08 bits per heavy atom. The number of carbonyl (C=O) groups is 1. The lowest BCUT2D eigenvalue weighted by Gasteiger charge is -2.22. The van der Waals surface area contributed by atoms with E-state index in [4.69, 9.17) is 4.42 Å². The van der Waals surface area contributed by atoms with Crippen LogP contribution in [0.15, 0.2) is 70.4 Å². The first-order valence-electron chi connectivity index (χ1n) is 11.5. The van der Waals surface area contributed by atoms with E-state index in [0.717, 1.165) is 28.6 Å². The molecule has 1 fully saturated rings. The first kappa shape index (κ1) is 25.8. The first-order chi connectivity index (χ1) is 18.0. The van der Waals surface area contributed by atoms with Gasteiger partial charge in [0.2, 0.25) is 11.0 Å². The summed E-state index contributed by atoms with van der Waals surface area (Å²) >= 11 is 0. The Hall–Kier alpha value is -3.84. The predicted octanol–water partition coefficient (Wildman–Crippen LogP) is 4.52. The zero-order valence-corrected chi connectivity index (χ0v) is 20.4. The summed E-state index contributed by atoms with van der Waals surface area (Å²) in [5, 5.41) is 2.58. The number of hydrogen-bond donors (Lipinski definition) is 1. The van der Waals surface area contributed by atoms with E-state index >= 15 is 0 Å². The summed E-state index contributed by atoms with van der Waals surface area (Å²) in [7, 11) is -4.17. The Bertz CT molecular complexity index is 1600. The molecule has 1 saturated heterocycles. The molecule has 13 heteroatoms. The summed E-state index contributed by atoms with van der Waals surface area (Å²) in [5.74, 6) is -1.07. The molecular formula is C25H20F4N4O4S. The van der Waals surface area contributed by atoms with Gasteiger partial charge in [-0.2, -0.15) is 17.5 Å². The van der Waals surface area contributed by atoms with Crippen molar-refractivity contribution < 1.29 is 35.2 Å². The number of furan rings is 1. The molecular weight excluding hydrogens is 528 g/mol. The number of rotatable bonds is 6. The fourth-order valence-electron chi connectivity index (χ4n) is 4.30. The number of benzene rings is 2. The van der Waals surface area contributed by atoms with Crippen molar-refractivity contribution in [1.29, 1.82) is 0 Å². The van der Waals surface area contributed by atoms with Crippen molar-refractivity contribution in [2.24, 2.45) is 0 Å². The van der Waals surface area contributed by atoms with Crippen LogP contribution < -0.4 is 5.32 Å². The smallest absolute Gasteiger partial charge is 0.416 e. The highest BCUT2D eigenvalue weighted by Crippen LogP contribution is 2.32. The molecule has 1 atom stereocenters. The summed E-state index contributed by atoms with van der Waals surface area (Å²) in [4.78, 5) is 21.1. The molecule has 3 heterocycles. The fourth-order valence-corrected chi connectivity index (χ4v) is 5.91. The van der Waals surface area contributed by atoms with E-state index in [0.29, 0.717) is 29.8 Å². The van der Waals surface area contributed by atoms with E-state index in [2.05, 4.69) is 15.3 Å². The second kappa shape index (κ2) is 9.80. The van der Waals surface area contributed by atoms with Crippen LogP contribution in [0.1, 0.15) is 24.1 Å². The molecule has 1 unspecified atom stereocenters. The molecule has 0 bridgehead atoms. The Morgan fingerprint density at radius 2 is 1.84 bits per heavy atom. The van der Waals surface area contributed by atoms with Crippen LogP contribution in [0.25, 0.3) is 22.2 Å². The molecule has 4 aromatic rings. The molecule has 0 aliphatic carbocycles. The Labute approximate surface area is 214 Å². The number of carbonyl (C=O) groups excluding carboxylic acids is 1. The normalized spacial score (nSPS) is 16.7. The molecule has 2 aromatic carbocycles. The van der Waals surface area contributed by atoms with Gasteiger partial charge in [0.25, 0.3) is 10.0 Å². The van der Waals surface area contributed by atoms with Crippen molar-refractivity contribution >= 4 is 26.9 Å². The quantitative estimate of drug-likeness (QED) is 0.356. The minimum absolute atomic E-state index is 0.0523. The van der Waals surface area contributed by atoms with E-state index in [1.165, 1.54) is 36.7 Å². The molecule has 5 rings (SSSR count). The standard InChI is InChI=1S/C25H20F4N4O4S/c26-18-7-8-22-16(10-18)11-23(37-22)38(35,36)33-9-1-2-21(33)24(34)30-13-19-12-20(32-14-31-19)15-3-5-17(6-4-15)25(27,28)29/h3-8,10-12,14,21H,1-2,9,13H2,(H,30,34). The van der Waals surface area contributed by atoms with Crippen molar-refractivity contribution in [3.63, 3.8) is 0 Å². The van der Waals surface area contributed by atoms with E-state index < -0.39 is 39.5 Å². The maximum Gasteiger partial charge on any atom is 0.416 e. The number of halogens is 4. The van der Waals surface area contributed by atoms with Crippen LogP contribution in [0.4, 0.5) is 17.6 Å². The van der Waals surface area contributed by atoms with Gasteiger partial charge >= 0.3 is 6.18 Å². The van der Waals surface area contributed by atoms with Crippen molar-refractivity contribution in [3.8, 4) is 11.3 Å². The highest BCUT2D eigenvalue weighted by atomic mass is 32.2. The lowest BCUT2D eigenvalue weighted by Crippen LogP contribution is -2.45. The highest BCUT2D eigenvalue weighted by molar-refractivity contribution is 7.89. The van der Waals surface area contributed by atoms with E-state index in [9.17, 15) is 30.8 Å². The third kappa shape index (κ3) is 5.11. The summed E-state index contributed by atoms with van der Waals surface area (Å²) in [6.45, 7) is 0.0562.